The second-order valence-corrected chi connectivity index (χ2v) is 4.87. The highest BCUT2D eigenvalue weighted by Crippen LogP contribution is 2.27. The Hall–Kier alpha value is -1.42. The molecule has 1 saturated carbocycles. The largest absolute Gasteiger partial charge is 0.355 e. The molecule has 0 saturated heterocycles. The molecule has 18 heavy (non-hydrogen) atoms. The van der Waals surface area contributed by atoms with Gasteiger partial charge in [0.15, 0.2) is 0 Å². The van der Waals surface area contributed by atoms with Gasteiger partial charge in [-0.3, -0.25) is 4.79 Å². The van der Waals surface area contributed by atoms with Gasteiger partial charge in [-0.1, -0.05) is 18.2 Å². The molecule has 0 aliphatic heterocycles. The van der Waals surface area contributed by atoms with Crippen LogP contribution in [-0.4, -0.2) is 19.0 Å². The highest BCUT2D eigenvalue weighted by molar-refractivity contribution is 5.78. The second kappa shape index (κ2) is 5.96. The van der Waals surface area contributed by atoms with Crippen LogP contribution in [0.1, 0.15) is 31.4 Å². The first kappa shape index (κ1) is 13.0. The topological polar surface area (TPSA) is 41.1 Å². The predicted molar refractivity (Wildman–Crippen MR) is 68.6 cm³/mol. The average molecular weight is 250 g/mol. The molecule has 4 heteroatoms. The SMILES string of the molecule is CC(NCC(=O)NCC1CC1)c1ccccc1F. The summed E-state index contributed by atoms with van der Waals surface area (Å²) >= 11 is 0. The van der Waals surface area contributed by atoms with Crippen LogP contribution in [0.5, 0.6) is 0 Å². The summed E-state index contributed by atoms with van der Waals surface area (Å²) in [7, 11) is 0. The number of hydrogen-bond donors (Lipinski definition) is 2. The van der Waals surface area contributed by atoms with Crippen molar-refractivity contribution in [2.24, 2.45) is 5.92 Å². The Bertz CT molecular complexity index is 418. The average Bonchev–Trinajstić information content (AvgIpc) is 3.18. The summed E-state index contributed by atoms with van der Waals surface area (Å²) in [5.74, 6) is 0.416. The van der Waals surface area contributed by atoms with E-state index in [4.69, 9.17) is 0 Å². The molecule has 0 heterocycles. The van der Waals surface area contributed by atoms with Gasteiger partial charge in [0.2, 0.25) is 5.91 Å². The normalized spacial score (nSPS) is 16.3. The minimum atomic E-state index is -0.240. The Kier molecular flexibility index (Phi) is 4.31. The van der Waals surface area contributed by atoms with Crippen molar-refractivity contribution < 1.29 is 9.18 Å². The molecule has 1 aromatic rings. The van der Waals surface area contributed by atoms with E-state index >= 15 is 0 Å². The first-order valence-electron chi connectivity index (χ1n) is 6.41. The molecule has 1 aliphatic rings. The molecule has 3 nitrogen and oxygen atoms in total. The molecule has 0 bridgehead atoms. The predicted octanol–water partition coefficient (Wildman–Crippen LogP) is 2.00. The number of carbonyl (C=O) groups is 1. The third kappa shape index (κ3) is 3.81. The molecule has 1 aromatic carbocycles. The molecule has 1 aliphatic carbocycles. The summed E-state index contributed by atoms with van der Waals surface area (Å²) in [4.78, 5) is 11.5. The molecule has 1 fully saturated rings. The van der Waals surface area contributed by atoms with E-state index in [0.717, 1.165) is 6.54 Å². The lowest BCUT2D eigenvalue weighted by atomic mass is 10.1. The number of hydrogen-bond acceptors (Lipinski definition) is 2. The highest BCUT2D eigenvalue weighted by atomic mass is 19.1. The number of carbonyl (C=O) groups excluding carboxylic acids is 1. The zero-order chi connectivity index (χ0) is 13.0. The molecule has 0 radical (unpaired) electrons. The van der Waals surface area contributed by atoms with Crippen LogP contribution in [0.25, 0.3) is 0 Å². The third-order valence-electron chi connectivity index (χ3n) is 3.23. The van der Waals surface area contributed by atoms with Gasteiger partial charge in [-0.25, -0.2) is 4.39 Å². The fourth-order valence-corrected chi connectivity index (χ4v) is 1.82. The van der Waals surface area contributed by atoms with E-state index in [-0.39, 0.29) is 24.3 Å². The quantitative estimate of drug-likeness (QED) is 0.811. The van der Waals surface area contributed by atoms with Gasteiger partial charge in [0.05, 0.1) is 6.54 Å². The van der Waals surface area contributed by atoms with Crippen LogP contribution in [0.4, 0.5) is 4.39 Å². The van der Waals surface area contributed by atoms with Gasteiger partial charge in [0, 0.05) is 18.2 Å². The molecular formula is C14H19FN2O. The summed E-state index contributed by atoms with van der Waals surface area (Å²) in [6.07, 6.45) is 2.44. The lowest BCUT2D eigenvalue weighted by Gasteiger charge is -2.14. The molecule has 1 amide bonds. The maximum Gasteiger partial charge on any atom is 0.233 e. The number of nitrogens with one attached hydrogen (secondary N) is 2. The fourth-order valence-electron chi connectivity index (χ4n) is 1.82. The van der Waals surface area contributed by atoms with Crippen molar-refractivity contribution in [1.29, 1.82) is 0 Å². The van der Waals surface area contributed by atoms with E-state index in [9.17, 15) is 9.18 Å². The highest BCUT2D eigenvalue weighted by Gasteiger charge is 2.21. The van der Waals surface area contributed by atoms with Gasteiger partial charge in [-0.05, 0) is 31.7 Å². The van der Waals surface area contributed by atoms with Gasteiger partial charge >= 0.3 is 0 Å². The number of rotatable bonds is 6. The van der Waals surface area contributed by atoms with Crippen molar-refractivity contribution in [3.63, 3.8) is 0 Å². The summed E-state index contributed by atoms with van der Waals surface area (Å²) in [6.45, 7) is 2.85. The zero-order valence-electron chi connectivity index (χ0n) is 10.6. The van der Waals surface area contributed by atoms with Crippen molar-refractivity contribution in [2.75, 3.05) is 13.1 Å². The second-order valence-electron chi connectivity index (χ2n) is 4.87. The fraction of sp³-hybridized carbons (Fsp3) is 0.500. The van der Waals surface area contributed by atoms with Crippen LogP contribution in [0.3, 0.4) is 0 Å². The van der Waals surface area contributed by atoms with Crippen LogP contribution < -0.4 is 10.6 Å². The van der Waals surface area contributed by atoms with Gasteiger partial charge < -0.3 is 10.6 Å². The van der Waals surface area contributed by atoms with Crippen molar-refractivity contribution in [2.45, 2.75) is 25.8 Å². The molecule has 98 valence electrons. The maximum atomic E-state index is 13.5. The first-order chi connectivity index (χ1) is 8.66. The Morgan fingerprint density at radius 1 is 1.44 bits per heavy atom. The minimum absolute atomic E-state index is 0.0231. The van der Waals surface area contributed by atoms with Crippen molar-refractivity contribution in [1.82, 2.24) is 10.6 Å². The molecule has 0 spiro atoms. The molecule has 2 N–H and O–H groups in total. The summed E-state index contributed by atoms with van der Waals surface area (Å²) in [5, 5.41) is 5.90. The van der Waals surface area contributed by atoms with Gasteiger partial charge in [-0.2, -0.15) is 0 Å². The standard InChI is InChI=1S/C14H19FN2O/c1-10(12-4-2-3-5-13(12)15)16-9-14(18)17-8-11-6-7-11/h2-5,10-11,16H,6-9H2,1H3,(H,17,18). The molecule has 1 unspecified atom stereocenters. The minimum Gasteiger partial charge on any atom is -0.355 e. The van der Waals surface area contributed by atoms with Gasteiger partial charge in [0.25, 0.3) is 0 Å². The van der Waals surface area contributed by atoms with Crippen molar-refractivity contribution in [3.05, 3.63) is 35.6 Å². The Balaban J connectivity index is 1.75. The zero-order valence-corrected chi connectivity index (χ0v) is 10.6. The number of halogens is 1. The van der Waals surface area contributed by atoms with Gasteiger partial charge in [-0.15, -0.1) is 0 Å². The van der Waals surface area contributed by atoms with E-state index in [0.29, 0.717) is 11.5 Å². The van der Waals surface area contributed by atoms with Crippen LogP contribution >= 0.6 is 0 Å². The molecule has 0 aromatic heterocycles. The van der Waals surface area contributed by atoms with Crippen LogP contribution in [0, 0.1) is 11.7 Å². The van der Waals surface area contributed by atoms with E-state index in [1.807, 2.05) is 6.92 Å². The molecule has 2 rings (SSSR count). The van der Waals surface area contributed by atoms with Crippen molar-refractivity contribution in [3.8, 4) is 0 Å². The summed E-state index contributed by atoms with van der Waals surface area (Å²) in [5.41, 5.74) is 0.590. The summed E-state index contributed by atoms with van der Waals surface area (Å²) < 4.78 is 13.5. The lowest BCUT2D eigenvalue weighted by molar-refractivity contribution is -0.120. The van der Waals surface area contributed by atoms with Crippen LogP contribution in [-0.2, 0) is 4.79 Å². The van der Waals surface area contributed by atoms with Gasteiger partial charge in [0.1, 0.15) is 5.82 Å². The number of amides is 1. The van der Waals surface area contributed by atoms with E-state index < -0.39 is 0 Å². The van der Waals surface area contributed by atoms with Crippen LogP contribution in [0.15, 0.2) is 24.3 Å². The van der Waals surface area contributed by atoms with E-state index in [2.05, 4.69) is 10.6 Å². The maximum absolute atomic E-state index is 13.5. The molecular weight excluding hydrogens is 231 g/mol. The lowest BCUT2D eigenvalue weighted by Crippen LogP contribution is -2.36. The van der Waals surface area contributed by atoms with Crippen LogP contribution in [0.2, 0.25) is 0 Å². The third-order valence-corrected chi connectivity index (χ3v) is 3.23. The van der Waals surface area contributed by atoms with E-state index in [1.165, 1.54) is 18.9 Å². The van der Waals surface area contributed by atoms with Crippen molar-refractivity contribution >= 4 is 5.91 Å². The Morgan fingerprint density at radius 3 is 2.83 bits per heavy atom. The van der Waals surface area contributed by atoms with E-state index in [1.54, 1.807) is 18.2 Å². The number of benzene rings is 1. The first-order valence-corrected chi connectivity index (χ1v) is 6.41. The smallest absolute Gasteiger partial charge is 0.233 e. The Labute approximate surface area is 107 Å². The Morgan fingerprint density at radius 2 is 2.17 bits per heavy atom. The summed E-state index contributed by atoms with van der Waals surface area (Å²) in [6, 6.07) is 6.45. The molecule has 1 atom stereocenters. The monoisotopic (exact) mass is 250 g/mol.